The van der Waals surface area contributed by atoms with Gasteiger partial charge in [0.05, 0.1) is 18.7 Å². The molecule has 1 unspecified atom stereocenters. The van der Waals surface area contributed by atoms with Crippen molar-refractivity contribution in [2.75, 3.05) is 6.54 Å². The van der Waals surface area contributed by atoms with Gasteiger partial charge in [-0.25, -0.2) is 0 Å². The molecule has 2 aliphatic rings. The molecule has 2 fully saturated rings. The van der Waals surface area contributed by atoms with E-state index in [1.54, 1.807) is 0 Å². The van der Waals surface area contributed by atoms with E-state index in [-0.39, 0.29) is 18.4 Å². The van der Waals surface area contributed by atoms with E-state index in [9.17, 15) is 14.7 Å². The van der Waals surface area contributed by atoms with E-state index >= 15 is 0 Å². The predicted molar refractivity (Wildman–Crippen MR) is 114 cm³/mol. The number of aliphatic carboxylic acids is 1. The lowest BCUT2D eigenvalue weighted by atomic mass is 9.63. The summed E-state index contributed by atoms with van der Waals surface area (Å²) in [5.74, 6) is 5.35. The number of carbonyl (C=O) groups excluding carboxylic acids is 1. The summed E-state index contributed by atoms with van der Waals surface area (Å²) in [4.78, 5) is 24.9. The molecule has 2 rings (SSSR count). The topological polar surface area (TPSA) is 77.8 Å². The van der Waals surface area contributed by atoms with Crippen LogP contribution < -0.4 is 0 Å². The Kier molecular flexibility index (Phi) is 9.73. The van der Waals surface area contributed by atoms with Crippen LogP contribution in [0.2, 0.25) is 0 Å². The first-order chi connectivity index (χ1) is 14.0. The normalized spacial score (nSPS) is 22.5. The number of unbranched alkanes of at least 4 members (excludes halogenated alkanes) is 1. The van der Waals surface area contributed by atoms with Gasteiger partial charge in [0.25, 0.3) is 0 Å². The molecule has 1 aliphatic heterocycles. The number of nitrogens with zero attached hydrogens (tertiary/aromatic N) is 1. The second kappa shape index (κ2) is 12.0. The SMILES string of the molecule is CCCC1(CC(O)C=C[C@H]2CCCCC(=O)N2CC#CCCCC(=O)O)CCC1. The van der Waals surface area contributed by atoms with Crippen LogP contribution in [0.1, 0.15) is 90.4 Å². The van der Waals surface area contributed by atoms with Crippen molar-refractivity contribution >= 4 is 11.9 Å². The molecule has 0 aromatic rings. The fourth-order valence-corrected chi connectivity index (χ4v) is 4.61. The van der Waals surface area contributed by atoms with Gasteiger partial charge in [-0.1, -0.05) is 44.3 Å². The van der Waals surface area contributed by atoms with E-state index in [2.05, 4.69) is 18.8 Å². The van der Waals surface area contributed by atoms with Gasteiger partial charge >= 0.3 is 5.97 Å². The zero-order valence-electron chi connectivity index (χ0n) is 17.9. The molecule has 5 heteroatoms. The van der Waals surface area contributed by atoms with Gasteiger partial charge in [-0.2, -0.15) is 0 Å². The molecule has 1 heterocycles. The number of hydrogen-bond donors (Lipinski definition) is 2. The van der Waals surface area contributed by atoms with Crippen LogP contribution in [0, 0.1) is 17.3 Å². The van der Waals surface area contributed by atoms with E-state index in [1.807, 2.05) is 17.1 Å². The van der Waals surface area contributed by atoms with Crippen LogP contribution in [0.3, 0.4) is 0 Å². The third-order valence-corrected chi connectivity index (χ3v) is 6.32. The molecule has 29 heavy (non-hydrogen) atoms. The van der Waals surface area contributed by atoms with Gasteiger partial charge in [-0.3, -0.25) is 9.59 Å². The van der Waals surface area contributed by atoms with Crippen molar-refractivity contribution in [3.05, 3.63) is 12.2 Å². The van der Waals surface area contributed by atoms with Gasteiger partial charge in [0, 0.05) is 19.3 Å². The van der Waals surface area contributed by atoms with Gasteiger partial charge in [-0.05, 0) is 50.4 Å². The van der Waals surface area contributed by atoms with E-state index in [1.165, 1.54) is 25.7 Å². The second-order valence-electron chi connectivity index (χ2n) is 8.70. The zero-order valence-corrected chi connectivity index (χ0v) is 17.9. The quantitative estimate of drug-likeness (QED) is 0.324. The Morgan fingerprint density at radius 1 is 1.31 bits per heavy atom. The average molecular weight is 404 g/mol. The molecule has 1 aliphatic carbocycles. The zero-order chi connectivity index (χ0) is 21.1. The van der Waals surface area contributed by atoms with Crippen LogP contribution >= 0.6 is 0 Å². The summed E-state index contributed by atoms with van der Waals surface area (Å²) in [6.07, 6.45) is 14.9. The average Bonchev–Trinajstić information content (AvgIpc) is 2.82. The van der Waals surface area contributed by atoms with Crippen LogP contribution in [0.25, 0.3) is 0 Å². The highest BCUT2D eigenvalue weighted by Crippen LogP contribution is 2.48. The van der Waals surface area contributed by atoms with Crippen molar-refractivity contribution in [1.29, 1.82) is 0 Å². The van der Waals surface area contributed by atoms with Gasteiger partial charge < -0.3 is 15.1 Å². The Morgan fingerprint density at radius 3 is 2.76 bits per heavy atom. The van der Waals surface area contributed by atoms with Gasteiger partial charge in [-0.15, -0.1) is 5.92 Å². The Bertz CT molecular complexity index is 627. The number of aliphatic hydroxyl groups is 1. The molecule has 0 radical (unpaired) electrons. The van der Waals surface area contributed by atoms with Crippen LogP contribution in [0.4, 0.5) is 0 Å². The molecule has 0 aromatic heterocycles. The Balaban J connectivity index is 1.92. The first-order valence-electron chi connectivity index (χ1n) is 11.3. The van der Waals surface area contributed by atoms with Gasteiger partial charge in [0.2, 0.25) is 5.91 Å². The molecule has 5 nitrogen and oxygen atoms in total. The summed E-state index contributed by atoms with van der Waals surface area (Å²) in [7, 11) is 0. The highest BCUT2D eigenvalue weighted by Gasteiger charge is 2.37. The molecule has 1 saturated heterocycles. The lowest BCUT2D eigenvalue weighted by molar-refractivity contribution is -0.137. The molecule has 2 N–H and O–H groups in total. The molecule has 1 amide bonds. The number of carbonyl (C=O) groups is 2. The maximum atomic E-state index is 12.5. The highest BCUT2D eigenvalue weighted by atomic mass is 16.4. The van der Waals surface area contributed by atoms with Crippen LogP contribution in [0.5, 0.6) is 0 Å². The maximum absolute atomic E-state index is 12.5. The summed E-state index contributed by atoms with van der Waals surface area (Å²) in [6.45, 7) is 2.58. The van der Waals surface area contributed by atoms with Crippen molar-refractivity contribution in [3.63, 3.8) is 0 Å². The molecule has 162 valence electrons. The molecule has 0 bridgehead atoms. The summed E-state index contributed by atoms with van der Waals surface area (Å²) < 4.78 is 0. The number of aliphatic hydroxyl groups excluding tert-OH is 1. The standard InChI is InChI=1S/C24H37NO4/c1-2-15-24(16-9-17-24)19-21(26)14-13-20-10-6-7-11-22(27)25(20)18-8-4-3-5-12-23(28)29/h13-14,20-21,26H,2-3,5-7,9-12,15-19H2,1H3,(H,28,29)/t20-,21?/m1/s1. The highest BCUT2D eigenvalue weighted by molar-refractivity contribution is 5.77. The second-order valence-corrected chi connectivity index (χ2v) is 8.70. The van der Waals surface area contributed by atoms with Crippen LogP contribution in [0.15, 0.2) is 12.2 Å². The summed E-state index contributed by atoms with van der Waals surface area (Å²) >= 11 is 0. The number of likely N-dealkylation sites (tertiary alicyclic amines) is 1. The summed E-state index contributed by atoms with van der Waals surface area (Å²) in [5.41, 5.74) is 0.318. The number of carboxylic acid groups (broad SMARTS) is 1. The fourth-order valence-electron chi connectivity index (χ4n) is 4.61. The van der Waals surface area contributed by atoms with Crippen molar-refractivity contribution < 1.29 is 19.8 Å². The van der Waals surface area contributed by atoms with Gasteiger partial charge in [0.15, 0.2) is 0 Å². The van der Waals surface area contributed by atoms with Crippen molar-refractivity contribution in [1.82, 2.24) is 4.90 Å². The number of hydrogen-bond acceptors (Lipinski definition) is 3. The molecular formula is C24H37NO4. The van der Waals surface area contributed by atoms with E-state index in [0.29, 0.717) is 31.2 Å². The number of amides is 1. The summed E-state index contributed by atoms with van der Waals surface area (Å²) in [5, 5.41) is 19.3. The van der Waals surface area contributed by atoms with E-state index in [0.717, 1.165) is 32.1 Å². The van der Waals surface area contributed by atoms with Crippen molar-refractivity contribution in [2.45, 2.75) is 103 Å². The van der Waals surface area contributed by atoms with Crippen LogP contribution in [-0.2, 0) is 9.59 Å². The molecular weight excluding hydrogens is 366 g/mol. The molecule has 0 spiro atoms. The number of rotatable bonds is 10. The Hall–Kier alpha value is -1.80. The molecule has 0 aromatic carbocycles. The fraction of sp³-hybridized carbons (Fsp3) is 0.750. The minimum absolute atomic E-state index is 0.0171. The maximum Gasteiger partial charge on any atom is 0.303 e. The summed E-state index contributed by atoms with van der Waals surface area (Å²) in [6, 6.07) is -0.0171. The Morgan fingerprint density at radius 2 is 2.10 bits per heavy atom. The first kappa shape index (κ1) is 23.5. The minimum atomic E-state index is -0.805. The minimum Gasteiger partial charge on any atom is -0.481 e. The third-order valence-electron chi connectivity index (χ3n) is 6.32. The van der Waals surface area contributed by atoms with Crippen molar-refractivity contribution in [3.8, 4) is 11.8 Å². The predicted octanol–water partition coefficient (Wildman–Crippen LogP) is 4.29. The monoisotopic (exact) mass is 403 g/mol. The first-order valence-corrected chi connectivity index (χ1v) is 11.3. The van der Waals surface area contributed by atoms with Crippen LogP contribution in [-0.4, -0.2) is 45.7 Å². The molecule has 1 saturated carbocycles. The Labute approximate surface area is 175 Å². The lowest BCUT2D eigenvalue weighted by Crippen LogP contribution is -2.38. The van der Waals surface area contributed by atoms with E-state index in [4.69, 9.17) is 5.11 Å². The largest absolute Gasteiger partial charge is 0.481 e. The smallest absolute Gasteiger partial charge is 0.303 e. The van der Waals surface area contributed by atoms with Gasteiger partial charge in [0.1, 0.15) is 0 Å². The third kappa shape index (κ3) is 7.85. The number of carboxylic acids is 1. The van der Waals surface area contributed by atoms with Crippen molar-refractivity contribution in [2.24, 2.45) is 5.41 Å². The molecule has 2 atom stereocenters. The van der Waals surface area contributed by atoms with E-state index < -0.39 is 12.1 Å². The lowest BCUT2D eigenvalue weighted by Gasteiger charge is -2.43.